The lowest BCUT2D eigenvalue weighted by Crippen LogP contribution is -2.12. The summed E-state index contributed by atoms with van der Waals surface area (Å²) in [6.45, 7) is 5.75. The highest BCUT2D eigenvalue weighted by Gasteiger charge is 2.12. The standard InChI is InChI=1S/C19H18N6O/c1-10-11(2)22-17-7-13(5-6-16(17)21-10)19(26)23-14-8-15-12(3)24-25(4)18(15)20-9-14/h5-9H,1-4H3,(H,23,26). The molecule has 26 heavy (non-hydrogen) atoms. The molecule has 1 N–H and O–H groups in total. The third-order valence-electron chi connectivity index (χ3n) is 4.46. The third kappa shape index (κ3) is 2.67. The van der Waals surface area contributed by atoms with Crippen LogP contribution in [0, 0.1) is 20.8 Å². The lowest BCUT2D eigenvalue weighted by atomic mass is 10.1. The summed E-state index contributed by atoms with van der Waals surface area (Å²) in [6, 6.07) is 7.21. The molecule has 4 aromatic rings. The van der Waals surface area contributed by atoms with Crippen LogP contribution in [-0.4, -0.2) is 30.6 Å². The van der Waals surface area contributed by atoms with Gasteiger partial charge in [-0.2, -0.15) is 5.10 Å². The molecule has 0 saturated carbocycles. The summed E-state index contributed by atoms with van der Waals surface area (Å²) < 4.78 is 1.72. The van der Waals surface area contributed by atoms with Gasteiger partial charge in [-0.1, -0.05) is 0 Å². The van der Waals surface area contributed by atoms with Gasteiger partial charge >= 0.3 is 0 Å². The number of pyridine rings is 1. The number of fused-ring (bicyclic) bond motifs is 2. The van der Waals surface area contributed by atoms with Crippen molar-refractivity contribution in [3.05, 3.63) is 53.1 Å². The molecule has 1 amide bonds. The predicted octanol–water partition coefficient (Wildman–Crippen LogP) is 3.09. The Morgan fingerprint density at radius 3 is 2.50 bits per heavy atom. The van der Waals surface area contributed by atoms with E-state index < -0.39 is 0 Å². The number of carbonyl (C=O) groups is 1. The Hall–Kier alpha value is -3.35. The molecule has 3 aromatic heterocycles. The van der Waals surface area contributed by atoms with Gasteiger partial charge < -0.3 is 5.32 Å². The van der Waals surface area contributed by atoms with Crippen molar-refractivity contribution in [3.63, 3.8) is 0 Å². The zero-order valence-electron chi connectivity index (χ0n) is 15.0. The fraction of sp³-hybridized carbons (Fsp3) is 0.211. The number of aromatic nitrogens is 5. The lowest BCUT2D eigenvalue weighted by Gasteiger charge is -2.07. The number of hydrogen-bond acceptors (Lipinski definition) is 5. The molecule has 7 nitrogen and oxygen atoms in total. The highest BCUT2D eigenvalue weighted by molar-refractivity contribution is 6.06. The molecule has 0 saturated heterocycles. The maximum absolute atomic E-state index is 12.6. The summed E-state index contributed by atoms with van der Waals surface area (Å²) in [7, 11) is 1.85. The normalized spacial score (nSPS) is 11.2. The van der Waals surface area contributed by atoms with Crippen LogP contribution in [0.25, 0.3) is 22.1 Å². The number of anilines is 1. The van der Waals surface area contributed by atoms with Gasteiger partial charge in [-0.05, 0) is 45.0 Å². The fourth-order valence-electron chi connectivity index (χ4n) is 2.95. The van der Waals surface area contributed by atoms with Crippen molar-refractivity contribution in [2.24, 2.45) is 7.05 Å². The second-order valence-electron chi connectivity index (χ2n) is 6.36. The van der Waals surface area contributed by atoms with Gasteiger partial charge in [0, 0.05) is 18.0 Å². The van der Waals surface area contributed by atoms with E-state index in [0.29, 0.717) is 16.8 Å². The first kappa shape index (κ1) is 16.1. The minimum atomic E-state index is -0.213. The molecule has 0 aliphatic rings. The largest absolute Gasteiger partial charge is 0.321 e. The van der Waals surface area contributed by atoms with E-state index in [0.717, 1.165) is 33.6 Å². The topological polar surface area (TPSA) is 85.6 Å². The minimum Gasteiger partial charge on any atom is -0.321 e. The molecule has 130 valence electrons. The quantitative estimate of drug-likeness (QED) is 0.603. The Morgan fingerprint density at radius 2 is 1.73 bits per heavy atom. The molecule has 4 rings (SSSR count). The summed E-state index contributed by atoms with van der Waals surface area (Å²) in [6.07, 6.45) is 1.63. The zero-order valence-corrected chi connectivity index (χ0v) is 15.0. The number of amides is 1. The van der Waals surface area contributed by atoms with Crippen LogP contribution in [0.15, 0.2) is 30.5 Å². The lowest BCUT2D eigenvalue weighted by molar-refractivity contribution is 0.102. The van der Waals surface area contributed by atoms with E-state index in [1.54, 1.807) is 23.0 Å². The average molecular weight is 346 g/mol. The van der Waals surface area contributed by atoms with Gasteiger partial charge in [-0.25, -0.2) is 15.0 Å². The highest BCUT2D eigenvalue weighted by atomic mass is 16.1. The van der Waals surface area contributed by atoms with Crippen LogP contribution in [0.3, 0.4) is 0 Å². The molecule has 0 aliphatic heterocycles. The fourth-order valence-corrected chi connectivity index (χ4v) is 2.95. The third-order valence-corrected chi connectivity index (χ3v) is 4.46. The second kappa shape index (κ2) is 5.87. The van der Waals surface area contributed by atoms with Crippen LogP contribution >= 0.6 is 0 Å². The van der Waals surface area contributed by atoms with Gasteiger partial charge in [0.2, 0.25) is 0 Å². The van der Waals surface area contributed by atoms with Crippen LogP contribution < -0.4 is 5.32 Å². The van der Waals surface area contributed by atoms with E-state index in [1.807, 2.05) is 40.0 Å². The molecule has 0 atom stereocenters. The smallest absolute Gasteiger partial charge is 0.255 e. The molecule has 0 radical (unpaired) electrons. The van der Waals surface area contributed by atoms with Crippen molar-refractivity contribution >= 4 is 33.7 Å². The summed E-state index contributed by atoms with van der Waals surface area (Å²) in [5.41, 5.74) is 6.04. The van der Waals surface area contributed by atoms with Gasteiger partial charge in [0.25, 0.3) is 5.91 Å². The van der Waals surface area contributed by atoms with Crippen LogP contribution in [0.2, 0.25) is 0 Å². The van der Waals surface area contributed by atoms with Crippen LogP contribution in [-0.2, 0) is 7.05 Å². The van der Waals surface area contributed by atoms with E-state index in [9.17, 15) is 4.79 Å². The Kier molecular flexibility index (Phi) is 3.64. The summed E-state index contributed by atoms with van der Waals surface area (Å²) in [5.74, 6) is -0.213. The van der Waals surface area contributed by atoms with Gasteiger partial charge in [-0.15, -0.1) is 0 Å². The van der Waals surface area contributed by atoms with E-state index in [-0.39, 0.29) is 5.91 Å². The molecule has 0 spiro atoms. The maximum Gasteiger partial charge on any atom is 0.255 e. The predicted molar refractivity (Wildman–Crippen MR) is 100 cm³/mol. The van der Waals surface area contributed by atoms with E-state index in [4.69, 9.17) is 0 Å². The van der Waals surface area contributed by atoms with Crippen molar-refractivity contribution in [3.8, 4) is 0 Å². The minimum absolute atomic E-state index is 0.213. The van der Waals surface area contributed by atoms with Crippen LogP contribution in [0.1, 0.15) is 27.4 Å². The van der Waals surface area contributed by atoms with E-state index in [1.165, 1.54) is 0 Å². The van der Waals surface area contributed by atoms with Crippen molar-refractivity contribution < 1.29 is 4.79 Å². The molecule has 1 aromatic carbocycles. The Morgan fingerprint density at radius 1 is 1.00 bits per heavy atom. The highest BCUT2D eigenvalue weighted by Crippen LogP contribution is 2.20. The Labute approximate surface area is 150 Å². The maximum atomic E-state index is 12.6. The first-order valence-electron chi connectivity index (χ1n) is 8.28. The number of benzene rings is 1. The van der Waals surface area contributed by atoms with Crippen molar-refractivity contribution in [2.75, 3.05) is 5.32 Å². The molecular weight excluding hydrogens is 328 g/mol. The first-order chi connectivity index (χ1) is 12.4. The average Bonchev–Trinajstić information content (AvgIpc) is 2.89. The van der Waals surface area contributed by atoms with E-state index >= 15 is 0 Å². The van der Waals surface area contributed by atoms with Crippen molar-refractivity contribution in [1.82, 2.24) is 24.7 Å². The van der Waals surface area contributed by atoms with Crippen molar-refractivity contribution in [1.29, 1.82) is 0 Å². The molecule has 7 heteroatoms. The first-order valence-corrected chi connectivity index (χ1v) is 8.28. The Bertz CT molecular complexity index is 1180. The summed E-state index contributed by atoms with van der Waals surface area (Å²) in [5, 5.41) is 8.15. The van der Waals surface area contributed by atoms with Crippen LogP contribution in [0.4, 0.5) is 5.69 Å². The number of nitrogens with one attached hydrogen (secondary N) is 1. The van der Waals surface area contributed by atoms with Gasteiger partial charge in [-0.3, -0.25) is 9.48 Å². The molecule has 0 fully saturated rings. The molecule has 0 unspecified atom stereocenters. The second-order valence-corrected chi connectivity index (χ2v) is 6.36. The summed E-state index contributed by atoms with van der Waals surface area (Å²) >= 11 is 0. The number of carbonyl (C=O) groups excluding carboxylic acids is 1. The van der Waals surface area contributed by atoms with Gasteiger partial charge in [0.1, 0.15) is 0 Å². The van der Waals surface area contributed by atoms with Crippen molar-refractivity contribution in [2.45, 2.75) is 20.8 Å². The number of hydrogen-bond donors (Lipinski definition) is 1. The number of aryl methyl sites for hydroxylation is 4. The Balaban J connectivity index is 1.66. The molecule has 0 aliphatic carbocycles. The van der Waals surface area contributed by atoms with Crippen LogP contribution in [0.5, 0.6) is 0 Å². The van der Waals surface area contributed by atoms with Gasteiger partial charge in [0.15, 0.2) is 5.65 Å². The molecule has 3 heterocycles. The monoisotopic (exact) mass is 346 g/mol. The molecule has 0 bridgehead atoms. The van der Waals surface area contributed by atoms with E-state index in [2.05, 4.69) is 25.4 Å². The van der Waals surface area contributed by atoms with Gasteiger partial charge in [0.05, 0.1) is 40.0 Å². The number of nitrogens with zero attached hydrogens (tertiary/aromatic N) is 5. The zero-order chi connectivity index (χ0) is 18.4. The SMILES string of the molecule is Cc1nc2ccc(C(=O)Nc3cnc4c(c3)c(C)nn4C)cc2nc1C. The number of rotatable bonds is 2. The molecular formula is C19H18N6O. The summed E-state index contributed by atoms with van der Waals surface area (Å²) in [4.78, 5) is 26.0.